The second-order valence-corrected chi connectivity index (χ2v) is 6.11. The monoisotopic (exact) mass is 305 g/mol. The highest BCUT2D eigenvalue weighted by Gasteiger charge is 2.52. The molecule has 2 aromatic rings. The molecular weight excluding hydrogens is 286 g/mol. The summed E-state index contributed by atoms with van der Waals surface area (Å²) in [4.78, 5) is 12.4. The van der Waals surface area contributed by atoms with Gasteiger partial charge < -0.3 is 10.1 Å². The molecule has 2 atom stereocenters. The SMILES string of the molecule is CCC1C/C(=C\c2ccccc2)[C@@]2(NC(=O)c3ccccc32)O1. The van der Waals surface area contributed by atoms with E-state index < -0.39 is 5.72 Å². The number of nitrogens with one attached hydrogen (secondary N) is 1. The van der Waals surface area contributed by atoms with Gasteiger partial charge in [-0.25, -0.2) is 0 Å². The molecule has 1 spiro atoms. The predicted molar refractivity (Wildman–Crippen MR) is 89.8 cm³/mol. The van der Waals surface area contributed by atoms with Crippen molar-refractivity contribution in [2.75, 3.05) is 0 Å². The fourth-order valence-electron chi connectivity index (χ4n) is 3.52. The second kappa shape index (κ2) is 5.36. The molecule has 1 unspecified atom stereocenters. The van der Waals surface area contributed by atoms with E-state index in [2.05, 4.69) is 30.4 Å². The van der Waals surface area contributed by atoms with Gasteiger partial charge in [-0.1, -0.05) is 61.5 Å². The van der Waals surface area contributed by atoms with Crippen LogP contribution in [0.4, 0.5) is 0 Å². The maximum absolute atomic E-state index is 12.4. The van der Waals surface area contributed by atoms with Crippen molar-refractivity contribution in [2.45, 2.75) is 31.6 Å². The Morgan fingerprint density at radius 2 is 1.91 bits per heavy atom. The van der Waals surface area contributed by atoms with Crippen LogP contribution in [0.2, 0.25) is 0 Å². The van der Waals surface area contributed by atoms with Crippen LogP contribution < -0.4 is 5.32 Å². The van der Waals surface area contributed by atoms with Gasteiger partial charge in [0.25, 0.3) is 5.91 Å². The third-order valence-corrected chi connectivity index (χ3v) is 4.68. The summed E-state index contributed by atoms with van der Waals surface area (Å²) in [6.45, 7) is 2.12. The fourth-order valence-corrected chi connectivity index (χ4v) is 3.52. The van der Waals surface area contributed by atoms with Gasteiger partial charge in [-0.05, 0) is 23.6 Å². The summed E-state index contributed by atoms with van der Waals surface area (Å²) in [6.07, 6.45) is 4.03. The Labute approximate surface area is 136 Å². The van der Waals surface area contributed by atoms with E-state index in [9.17, 15) is 4.79 Å². The first-order valence-electron chi connectivity index (χ1n) is 8.09. The number of hydrogen-bond donors (Lipinski definition) is 1. The van der Waals surface area contributed by atoms with Crippen molar-refractivity contribution in [3.8, 4) is 0 Å². The molecule has 3 heteroatoms. The zero-order chi connectivity index (χ0) is 15.9. The van der Waals surface area contributed by atoms with E-state index in [4.69, 9.17) is 4.74 Å². The number of fused-ring (bicyclic) bond motifs is 2. The average molecular weight is 305 g/mol. The van der Waals surface area contributed by atoms with E-state index in [-0.39, 0.29) is 12.0 Å². The van der Waals surface area contributed by atoms with Crippen molar-refractivity contribution >= 4 is 12.0 Å². The average Bonchev–Trinajstić information content (AvgIpc) is 3.08. The van der Waals surface area contributed by atoms with Gasteiger partial charge in [0.15, 0.2) is 5.72 Å². The second-order valence-electron chi connectivity index (χ2n) is 6.11. The number of carbonyl (C=O) groups is 1. The molecule has 1 saturated heterocycles. The summed E-state index contributed by atoms with van der Waals surface area (Å²) in [6, 6.07) is 17.9. The largest absolute Gasteiger partial charge is 0.344 e. The lowest BCUT2D eigenvalue weighted by Crippen LogP contribution is -2.40. The molecule has 0 aliphatic carbocycles. The van der Waals surface area contributed by atoms with Crippen LogP contribution in [0, 0.1) is 0 Å². The molecule has 0 bridgehead atoms. The first kappa shape index (κ1) is 14.2. The van der Waals surface area contributed by atoms with Crippen LogP contribution in [0.15, 0.2) is 60.2 Å². The lowest BCUT2D eigenvalue weighted by Gasteiger charge is -2.27. The van der Waals surface area contributed by atoms with E-state index in [1.807, 2.05) is 42.5 Å². The molecule has 1 N–H and O–H groups in total. The Hall–Kier alpha value is -2.39. The van der Waals surface area contributed by atoms with E-state index in [1.54, 1.807) is 0 Å². The minimum Gasteiger partial charge on any atom is -0.344 e. The van der Waals surface area contributed by atoms with Crippen molar-refractivity contribution in [3.63, 3.8) is 0 Å². The summed E-state index contributed by atoms with van der Waals surface area (Å²) in [7, 11) is 0. The summed E-state index contributed by atoms with van der Waals surface area (Å²) in [5, 5.41) is 3.10. The zero-order valence-electron chi connectivity index (χ0n) is 13.1. The molecule has 0 saturated carbocycles. The van der Waals surface area contributed by atoms with Gasteiger partial charge in [0, 0.05) is 17.5 Å². The zero-order valence-corrected chi connectivity index (χ0v) is 13.1. The maximum atomic E-state index is 12.4. The molecule has 116 valence electrons. The predicted octanol–water partition coefficient (Wildman–Crippen LogP) is 3.87. The Kier molecular flexibility index (Phi) is 3.31. The number of amides is 1. The van der Waals surface area contributed by atoms with Gasteiger partial charge in [0.05, 0.1) is 6.10 Å². The highest BCUT2D eigenvalue weighted by molar-refractivity contribution is 6.00. The normalized spacial score (nSPS) is 27.4. The Balaban J connectivity index is 1.86. The Morgan fingerprint density at radius 1 is 1.17 bits per heavy atom. The van der Waals surface area contributed by atoms with Crippen LogP contribution in [0.5, 0.6) is 0 Å². The van der Waals surface area contributed by atoms with E-state index in [0.29, 0.717) is 5.56 Å². The Bertz CT molecular complexity index is 781. The molecule has 0 radical (unpaired) electrons. The van der Waals surface area contributed by atoms with Gasteiger partial charge in [0.2, 0.25) is 0 Å². The summed E-state index contributed by atoms with van der Waals surface area (Å²) in [5.41, 5.74) is 3.09. The van der Waals surface area contributed by atoms with Crippen LogP contribution >= 0.6 is 0 Å². The number of rotatable bonds is 2. The summed E-state index contributed by atoms with van der Waals surface area (Å²) in [5.74, 6) is -0.0590. The summed E-state index contributed by atoms with van der Waals surface area (Å²) >= 11 is 0. The minimum absolute atomic E-state index is 0.0590. The molecule has 2 aromatic carbocycles. The topological polar surface area (TPSA) is 38.3 Å². The molecular formula is C20H19NO2. The van der Waals surface area contributed by atoms with Gasteiger partial charge >= 0.3 is 0 Å². The highest BCUT2D eigenvalue weighted by Crippen LogP contribution is 2.47. The lowest BCUT2D eigenvalue weighted by atomic mass is 9.92. The number of hydrogen-bond acceptors (Lipinski definition) is 2. The van der Waals surface area contributed by atoms with Crippen LogP contribution in [-0.2, 0) is 10.5 Å². The maximum Gasteiger partial charge on any atom is 0.254 e. The van der Waals surface area contributed by atoms with E-state index in [0.717, 1.165) is 29.5 Å². The van der Waals surface area contributed by atoms with Crippen molar-refractivity contribution in [1.29, 1.82) is 0 Å². The highest BCUT2D eigenvalue weighted by atomic mass is 16.5. The third kappa shape index (κ3) is 2.20. The first-order valence-corrected chi connectivity index (χ1v) is 8.09. The molecule has 23 heavy (non-hydrogen) atoms. The smallest absolute Gasteiger partial charge is 0.254 e. The lowest BCUT2D eigenvalue weighted by molar-refractivity contribution is -0.0438. The van der Waals surface area contributed by atoms with E-state index >= 15 is 0 Å². The molecule has 1 fully saturated rings. The van der Waals surface area contributed by atoms with Crippen molar-refractivity contribution in [1.82, 2.24) is 5.32 Å². The van der Waals surface area contributed by atoms with Crippen LogP contribution in [-0.4, -0.2) is 12.0 Å². The molecule has 2 aliphatic heterocycles. The quantitative estimate of drug-likeness (QED) is 0.915. The van der Waals surface area contributed by atoms with Gasteiger partial charge in [-0.2, -0.15) is 0 Å². The first-order chi connectivity index (χ1) is 11.2. The number of carbonyl (C=O) groups excluding carboxylic acids is 1. The van der Waals surface area contributed by atoms with Gasteiger partial charge in [-0.3, -0.25) is 4.79 Å². The van der Waals surface area contributed by atoms with E-state index in [1.165, 1.54) is 0 Å². The number of ether oxygens (including phenoxy) is 1. The van der Waals surface area contributed by atoms with Crippen molar-refractivity contribution in [2.24, 2.45) is 0 Å². The van der Waals surface area contributed by atoms with Crippen LogP contribution in [0.25, 0.3) is 6.08 Å². The van der Waals surface area contributed by atoms with Crippen LogP contribution in [0.3, 0.4) is 0 Å². The van der Waals surface area contributed by atoms with Crippen molar-refractivity contribution < 1.29 is 9.53 Å². The van der Waals surface area contributed by atoms with Crippen LogP contribution in [0.1, 0.15) is 41.3 Å². The van der Waals surface area contributed by atoms with Gasteiger partial charge in [-0.15, -0.1) is 0 Å². The molecule has 0 aromatic heterocycles. The minimum atomic E-state index is -0.801. The molecule has 2 heterocycles. The number of benzene rings is 2. The molecule has 2 aliphatic rings. The van der Waals surface area contributed by atoms with Gasteiger partial charge in [0.1, 0.15) is 0 Å². The fraction of sp³-hybridized carbons (Fsp3) is 0.250. The molecule has 4 rings (SSSR count). The Morgan fingerprint density at radius 3 is 2.70 bits per heavy atom. The molecule has 1 amide bonds. The summed E-state index contributed by atoms with van der Waals surface area (Å²) < 4.78 is 6.34. The van der Waals surface area contributed by atoms with Crippen molar-refractivity contribution in [3.05, 3.63) is 76.9 Å². The third-order valence-electron chi connectivity index (χ3n) is 4.68. The standard InChI is InChI=1S/C20H19NO2/c1-2-16-13-15(12-14-8-4-3-5-9-14)20(23-16)18-11-7-6-10-17(18)19(22)21-20/h3-12,16H,2,13H2,1H3,(H,21,22)/b15-12+/t16?,20-/m1/s1. The molecule has 3 nitrogen and oxygen atoms in total.